The molecule has 0 saturated heterocycles. The molecule has 3 aromatic carbocycles. The highest BCUT2D eigenvalue weighted by atomic mass is 35.5. The monoisotopic (exact) mass is 492 g/mol. The zero-order valence-corrected chi connectivity index (χ0v) is 22.2. The Morgan fingerprint density at radius 2 is 1.57 bits per heavy atom. The summed E-state index contributed by atoms with van der Waals surface area (Å²) in [7, 11) is 3.39. The molecule has 35 heavy (non-hydrogen) atoms. The van der Waals surface area contributed by atoms with E-state index in [9.17, 15) is 9.59 Å². The molecule has 1 N–H and O–H groups in total. The van der Waals surface area contributed by atoms with Gasteiger partial charge in [0.25, 0.3) is 5.91 Å². The Bertz CT molecular complexity index is 1230. The summed E-state index contributed by atoms with van der Waals surface area (Å²) < 4.78 is 4.71. The first kappa shape index (κ1) is 26.3. The third kappa shape index (κ3) is 5.85. The molecule has 0 spiro atoms. The number of amides is 1. The van der Waals surface area contributed by atoms with Crippen molar-refractivity contribution in [3.63, 3.8) is 0 Å². The second-order valence-electron chi connectivity index (χ2n) is 9.05. The van der Waals surface area contributed by atoms with Crippen molar-refractivity contribution in [1.29, 1.82) is 0 Å². The number of carbonyl (C=O) groups is 2. The van der Waals surface area contributed by atoms with Crippen molar-refractivity contribution < 1.29 is 14.3 Å². The highest BCUT2D eigenvalue weighted by molar-refractivity contribution is 6.31. The van der Waals surface area contributed by atoms with Crippen LogP contribution in [0.3, 0.4) is 0 Å². The normalized spacial score (nSPS) is 12.6. The molecule has 2 atom stereocenters. The molecule has 0 saturated carbocycles. The summed E-state index contributed by atoms with van der Waals surface area (Å²) in [6.45, 7) is 9.62. The quantitative estimate of drug-likeness (QED) is 0.386. The lowest BCUT2D eigenvalue weighted by Gasteiger charge is -2.28. The van der Waals surface area contributed by atoms with E-state index in [0.717, 1.165) is 38.5 Å². The predicted octanol–water partition coefficient (Wildman–Crippen LogP) is 6.42. The number of halogens is 1. The van der Waals surface area contributed by atoms with Crippen molar-refractivity contribution in [2.24, 2.45) is 0 Å². The highest BCUT2D eigenvalue weighted by Crippen LogP contribution is 2.32. The fourth-order valence-corrected chi connectivity index (χ4v) is 4.39. The minimum atomic E-state index is -0.718. The van der Waals surface area contributed by atoms with Gasteiger partial charge in [0.15, 0.2) is 0 Å². The van der Waals surface area contributed by atoms with Crippen molar-refractivity contribution in [2.75, 3.05) is 19.1 Å². The summed E-state index contributed by atoms with van der Waals surface area (Å²) in [5.74, 6) is -0.765. The van der Waals surface area contributed by atoms with E-state index in [-0.39, 0.29) is 11.9 Å². The lowest BCUT2D eigenvalue weighted by molar-refractivity contribution is -0.142. The summed E-state index contributed by atoms with van der Waals surface area (Å²) in [6, 6.07) is 18.0. The SMILES string of the molecule is COC(=O)C(C)NC(=O)c1c(C)cc(-c2cccc(N(C)[C@@H](C)c3ccc(Cl)c(C)c3)c2)cc1C. The van der Waals surface area contributed by atoms with Gasteiger partial charge in [-0.25, -0.2) is 4.79 Å². The number of esters is 1. The zero-order valence-electron chi connectivity index (χ0n) is 21.4. The number of nitrogens with zero attached hydrogens (tertiary/aromatic N) is 1. The molecular weight excluding hydrogens is 460 g/mol. The van der Waals surface area contributed by atoms with E-state index >= 15 is 0 Å². The molecule has 0 heterocycles. The van der Waals surface area contributed by atoms with Gasteiger partial charge in [-0.1, -0.05) is 48.0 Å². The topological polar surface area (TPSA) is 58.6 Å². The highest BCUT2D eigenvalue weighted by Gasteiger charge is 2.20. The summed E-state index contributed by atoms with van der Waals surface area (Å²) in [6.07, 6.45) is 0. The number of aryl methyl sites for hydroxylation is 3. The van der Waals surface area contributed by atoms with E-state index in [2.05, 4.69) is 54.5 Å². The third-order valence-corrected chi connectivity index (χ3v) is 6.92. The van der Waals surface area contributed by atoms with E-state index < -0.39 is 12.0 Å². The summed E-state index contributed by atoms with van der Waals surface area (Å²) in [4.78, 5) is 26.8. The third-order valence-electron chi connectivity index (χ3n) is 6.49. The molecule has 1 amide bonds. The molecular formula is C29H33ClN2O3. The molecule has 5 nitrogen and oxygen atoms in total. The lowest BCUT2D eigenvalue weighted by Crippen LogP contribution is -2.39. The fraction of sp³-hybridized carbons (Fsp3) is 0.310. The maximum absolute atomic E-state index is 12.8. The fourth-order valence-electron chi connectivity index (χ4n) is 4.27. The van der Waals surface area contributed by atoms with Crippen LogP contribution in [0.15, 0.2) is 54.6 Å². The van der Waals surface area contributed by atoms with Gasteiger partial charge in [0.2, 0.25) is 0 Å². The Kier molecular flexibility index (Phi) is 8.23. The van der Waals surface area contributed by atoms with Gasteiger partial charge in [-0.05, 0) is 86.2 Å². The first-order valence-electron chi connectivity index (χ1n) is 11.6. The Labute approximate surface area is 213 Å². The second kappa shape index (κ2) is 11.0. The van der Waals surface area contributed by atoms with Crippen LogP contribution in [0, 0.1) is 20.8 Å². The van der Waals surface area contributed by atoms with Crippen LogP contribution in [-0.2, 0) is 9.53 Å². The van der Waals surface area contributed by atoms with Gasteiger partial charge in [0.1, 0.15) is 6.04 Å². The van der Waals surface area contributed by atoms with Gasteiger partial charge < -0.3 is 15.0 Å². The number of rotatable bonds is 7. The first-order valence-corrected chi connectivity index (χ1v) is 12.0. The average Bonchev–Trinajstić information content (AvgIpc) is 2.83. The maximum atomic E-state index is 12.8. The minimum Gasteiger partial charge on any atom is -0.467 e. The summed E-state index contributed by atoms with van der Waals surface area (Å²) in [5, 5.41) is 3.49. The molecule has 0 aliphatic carbocycles. The Morgan fingerprint density at radius 1 is 0.914 bits per heavy atom. The van der Waals surface area contributed by atoms with Crippen molar-refractivity contribution in [3.8, 4) is 11.1 Å². The number of carbonyl (C=O) groups excluding carboxylic acids is 2. The molecule has 0 aliphatic heterocycles. The standard InChI is InChI=1S/C29H33ClN2O3/c1-17-13-22(11-12-26(17)30)21(5)32(6)25-10-8-9-23(16-25)24-14-18(2)27(19(3)15-24)28(33)31-20(4)29(34)35-7/h8-16,20-21H,1-7H3,(H,31,33)/t20?,21-/m0/s1. The van der Waals surface area contributed by atoms with E-state index in [0.29, 0.717) is 5.56 Å². The second-order valence-corrected chi connectivity index (χ2v) is 9.46. The molecule has 1 unspecified atom stereocenters. The Morgan fingerprint density at radius 3 is 2.17 bits per heavy atom. The molecule has 0 fully saturated rings. The predicted molar refractivity (Wildman–Crippen MR) is 143 cm³/mol. The van der Waals surface area contributed by atoms with E-state index in [1.54, 1.807) is 6.92 Å². The maximum Gasteiger partial charge on any atom is 0.328 e. The van der Waals surface area contributed by atoms with Crippen molar-refractivity contribution in [3.05, 3.63) is 87.4 Å². The molecule has 0 radical (unpaired) electrons. The zero-order chi connectivity index (χ0) is 25.9. The van der Waals surface area contributed by atoms with Gasteiger partial charge in [-0.2, -0.15) is 0 Å². The number of anilines is 1. The molecule has 184 valence electrons. The van der Waals surface area contributed by atoms with Gasteiger partial charge in [-0.15, -0.1) is 0 Å². The smallest absolute Gasteiger partial charge is 0.328 e. The Hall–Kier alpha value is -3.31. The first-order chi connectivity index (χ1) is 16.5. The van der Waals surface area contributed by atoms with Crippen LogP contribution in [0.4, 0.5) is 5.69 Å². The van der Waals surface area contributed by atoms with Crippen LogP contribution in [-0.4, -0.2) is 32.1 Å². The molecule has 6 heteroatoms. The average molecular weight is 493 g/mol. The van der Waals surface area contributed by atoms with Crippen molar-refractivity contribution in [2.45, 2.75) is 46.7 Å². The molecule has 0 bridgehead atoms. The van der Waals surface area contributed by atoms with Crippen LogP contribution < -0.4 is 10.2 Å². The van der Waals surface area contributed by atoms with Crippen molar-refractivity contribution >= 4 is 29.2 Å². The summed E-state index contributed by atoms with van der Waals surface area (Å²) in [5.41, 5.74) is 7.71. The summed E-state index contributed by atoms with van der Waals surface area (Å²) >= 11 is 6.21. The van der Waals surface area contributed by atoms with Crippen LogP contribution in [0.1, 0.15) is 52.5 Å². The molecule has 3 aromatic rings. The number of methoxy groups -OCH3 is 1. The van der Waals surface area contributed by atoms with Crippen LogP contribution in [0.2, 0.25) is 5.02 Å². The van der Waals surface area contributed by atoms with Gasteiger partial charge in [0, 0.05) is 23.3 Å². The van der Waals surface area contributed by atoms with E-state index in [1.165, 1.54) is 12.7 Å². The van der Waals surface area contributed by atoms with Gasteiger partial charge in [-0.3, -0.25) is 4.79 Å². The van der Waals surface area contributed by atoms with E-state index in [1.807, 2.05) is 45.0 Å². The minimum absolute atomic E-state index is 0.160. The van der Waals surface area contributed by atoms with Crippen molar-refractivity contribution in [1.82, 2.24) is 5.32 Å². The largest absolute Gasteiger partial charge is 0.467 e. The van der Waals surface area contributed by atoms with Gasteiger partial charge >= 0.3 is 5.97 Å². The lowest BCUT2D eigenvalue weighted by atomic mass is 9.94. The van der Waals surface area contributed by atoms with Crippen LogP contribution in [0.5, 0.6) is 0 Å². The number of benzene rings is 3. The Balaban J connectivity index is 1.88. The molecule has 3 rings (SSSR count). The number of hydrogen-bond donors (Lipinski definition) is 1. The van der Waals surface area contributed by atoms with E-state index in [4.69, 9.17) is 16.3 Å². The number of hydrogen-bond acceptors (Lipinski definition) is 4. The molecule has 0 aromatic heterocycles. The van der Waals surface area contributed by atoms with Crippen LogP contribution >= 0.6 is 11.6 Å². The number of ether oxygens (including phenoxy) is 1. The molecule has 0 aliphatic rings. The van der Waals surface area contributed by atoms with Crippen LogP contribution in [0.25, 0.3) is 11.1 Å². The van der Waals surface area contributed by atoms with Gasteiger partial charge in [0.05, 0.1) is 13.2 Å². The number of nitrogens with one attached hydrogen (secondary N) is 1.